The van der Waals surface area contributed by atoms with Crippen molar-refractivity contribution in [2.75, 3.05) is 13.2 Å². The number of amides is 1. The number of carbonyl (C=O) groups excluding carboxylic acids is 2. The zero-order valence-corrected chi connectivity index (χ0v) is 18.2. The Balaban J connectivity index is 1.55. The number of ether oxygens (including phenoxy) is 2. The molecule has 0 N–H and O–H groups in total. The number of nitrogens with zero attached hydrogens (tertiary/aromatic N) is 1. The van der Waals surface area contributed by atoms with E-state index in [1.54, 1.807) is 11.0 Å². The van der Waals surface area contributed by atoms with Crippen molar-refractivity contribution < 1.29 is 19.1 Å². The third-order valence-corrected chi connectivity index (χ3v) is 7.63. The topological polar surface area (TPSA) is 55.8 Å². The average Bonchev–Trinajstić information content (AvgIpc) is 3.32. The molecule has 1 aromatic rings. The number of fused-ring (bicyclic) bond motifs is 1. The molecule has 3 aliphatic heterocycles. The van der Waals surface area contributed by atoms with Crippen molar-refractivity contribution in [3.63, 3.8) is 0 Å². The number of halogens is 1. The fraction of sp³-hybridized carbons (Fsp3) is 0.583. The molecule has 0 radical (unpaired) electrons. The zero-order chi connectivity index (χ0) is 21.0. The van der Waals surface area contributed by atoms with Crippen molar-refractivity contribution in [3.05, 3.63) is 46.2 Å². The molecule has 0 spiro atoms. The lowest BCUT2D eigenvalue weighted by Crippen LogP contribution is -2.43. The minimum Gasteiger partial charge on any atom is -0.483 e. The molecule has 5 rings (SSSR count). The Kier molecular flexibility index (Phi) is 5.14. The quantitative estimate of drug-likeness (QED) is 0.718. The van der Waals surface area contributed by atoms with Gasteiger partial charge in [0.25, 0.3) is 5.91 Å². The molecule has 6 heteroatoms. The van der Waals surface area contributed by atoms with Gasteiger partial charge in [0, 0.05) is 18.2 Å². The Morgan fingerprint density at radius 3 is 2.70 bits per heavy atom. The molecular formula is C24H28ClNO4. The number of hydrogen-bond donors (Lipinski definition) is 0. The van der Waals surface area contributed by atoms with Crippen molar-refractivity contribution in [2.24, 2.45) is 17.8 Å². The van der Waals surface area contributed by atoms with Gasteiger partial charge in [0.2, 0.25) is 0 Å². The second-order valence-electron chi connectivity index (χ2n) is 9.35. The number of rotatable bonds is 3. The number of Topliss-reactive ketones (excluding diaryl/α,β-unsaturated/α-hetero) is 1. The summed E-state index contributed by atoms with van der Waals surface area (Å²) in [4.78, 5) is 28.9. The molecule has 1 aromatic carbocycles. The Morgan fingerprint density at radius 1 is 1.17 bits per heavy atom. The van der Waals surface area contributed by atoms with Gasteiger partial charge in [-0.1, -0.05) is 37.6 Å². The predicted octanol–water partition coefficient (Wildman–Crippen LogP) is 4.31. The van der Waals surface area contributed by atoms with E-state index in [9.17, 15) is 9.59 Å². The second kappa shape index (κ2) is 7.69. The maximum atomic E-state index is 13.7. The van der Waals surface area contributed by atoms with Crippen LogP contribution in [-0.4, -0.2) is 41.9 Å². The van der Waals surface area contributed by atoms with Crippen LogP contribution in [0.25, 0.3) is 0 Å². The molecule has 1 saturated heterocycles. The van der Waals surface area contributed by atoms with Crippen LogP contribution in [0.15, 0.2) is 35.6 Å². The standard InChI is InChI=1S/C24H28ClNO4/c1-13-9-18-19(10-14(13)2)30-23-20(22(18)27)21(15-5-3-6-16(25)11-15)26(24(23)28)12-17-7-4-8-29-17/h3,5-6,11,13-14,17-19,21H,4,7-10,12H2,1-2H3. The summed E-state index contributed by atoms with van der Waals surface area (Å²) in [5.41, 5.74) is 1.37. The van der Waals surface area contributed by atoms with Gasteiger partial charge in [-0.05, 0) is 55.2 Å². The summed E-state index contributed by atoms with van der Waals surface area (Å²) >= 11 is 6.27. The fourth-order valence-electron chi connectivity index (χ4n) is 5.53. The smallest absolute Gasteiger partial charge is 0.290 e. The van der Waals surface area contributed by atoms with Gasteiger partial charge in [0.1, 0.15) is 6.10 Å². The normalized spacial score (nSPS) is 36.0. The lowest BCUT2D eigenvalue weighted by molar-refractivity contribution is -0.138. The van der Waals surface area contributed by atoms with E-state index in [4.69, 9.17) is 21.1 Å². The van der Waals surface area contributed by atoms with E-state index in [2.05, 4.69) is 13.8 Å². The highest BCUT2D eigenvalue weighted by Gasteiger charge is 2.53. The molecule has 30 heavy (non-hydrogen) atoms. The largest absolute Gasteiger partial charge is 0.483 e. The van der Waals surface area contributed by atoms with Gasteiger partial charge in [-0.3, -0.25) is 9.59 Å². The van der Waals surface area contributed by atoms with Gasteiger partial charge in [0.05, 0.1) is 23.6 Å². The summed E-state index contributed by atoms with van der Waals surface area (Å²) < 4.78 is 12.1. The van der Waals surface area contributed by atoms with E-state index < -0.39 is 6.04 Å². The van der Waals surface area contributed by atoms with Gasteiger partial charge in [0.15, 0.2) is 11.5 Å². The fourth-order valence-corrected chi connectivity index (χ4v) is 5.73. The Morgan fingerprint density at radius 2 is 1.97 bits per heavy atom. The van der Waals surface area contributed by atoms with Crippen LogP contribution in [0.1, 0.15) is 51.1 Å². The highest BCUT2D eigenvalue weighted by Crippen LogP contribution is 2.48. The number of hydrogen-bond acceptors (Lipinski definition) is 4. The van der Waals surface area contributed by atoms with Crippen LogP contribution in [0.3, 0.4) is 0 Å². The van der Waals surface area contributed by atoms with Crippen LogP contribution >= 0.6 is 11.6 Å². The third kappa shape index (κ3) is 3.27. The molecule has 1 amide bonds. The van der Waals surface area contributed by atoms with E-state index in [0.29, 0.717) is 29.0 Å². The van der Waals surface area contributed by atoms with Gasteiger partial charge in [-0.2, -0.15) is 0 Å². The molecule has 1 saturated carbocycles. The number of benzene rings is 1. The maximum Gasteiger partial charge on any atom is 0.290 e. The van der Waals surface area contributed by atoms with Crippen LogP contribution in [0.2, 0.25) is 5.02 Å². The van der Waals surface area contributed by atoms with Crippen molar-refractivity contribution in [3.8, 4) is 0 Å². The molecule has 160 valence electrons. The molecule has 6 atom stereocenters. The summed E-state index contributed by atoms with van der Waals surface area (Å²) in [6.07, 6.45) is 3.34. The summed E-state index contributed by atoms with van der Waals surface area (Å²) in [6, 6.07) is 7.00. The van der Waals surface area contributed by atoms with E-state index in [0.717, 1.165) is 37.9 Å². The van der Waals surface area contributed by atoms with Gasteiger partial charge in [-0.15, -0.1) is 0 Å². The van der Waals surface area contributed by atoms with Crippen molar-refractivity contribution in [2.45, 2.75) is 57.8 Å². The minimum absolute atomic E-state index is 0.00517. The van der Waals surface area contributed by atoms with E-state index in [1.807, 2.05) is 18.2 Å². The minimum atomic E-state index is -0.460. The Bertz CT molecular complexity index is 906. The molecule has 3 heterocycles. The first-order valence-electron chi connectivity index (χ1n) is 11.1. The van der Waals surface area contributed by atoms with E-state index >= 15 is 0 Å². The van der Waals surface area contributed by atoms with Gasteiger partial charge >= 0.3 is 0 Å². The third-order valence-electron chi connectivity index (χ3n) is 7.40. The molecule has 2 fully saturated rings. The number of ketones is 1. The molecule has 5 nitrogen and oxygen atoms in total. The predicted molar refractivity (Wildman–Crippen MR) is 113 cm³/mol. The molecule has 1 aliphatic carbocycles. The first-order valence-corrected chi connectivity index (χ1v) is 11.4. The second-order valence-corrected chi connectivity index (χ2v) is 9.78. The average molecular weight is 430 g/mol. The molecule has 4 aliphatic rings. The first kappa shape index (κ1) is 20.1. The lowest BCUT2D eigenvalue weighted by atomic mass is 9.70. The summed E-state index contributed by atoms with van der Waals surface area (Å²) in [6.45, 7) is 5.59. The Labute approximate surface area is 182 Å². The van der Waals surface area contributed by atoms with Crippen LogP contribution in [-0.2, 0) is 19.1 Å². The maximum absolute atomic E-state index is 13.7. The van der Waals surface area contributed by atoms with Gasteiger partial charge < -0.3 is 14.4 Å². The molecule has 6 unspecified atom stereocenters. The SMILES string of the molecule is CC1CC2OC3=C(C(=O)C2CC1C)C(c1cccc(Cl)c1)N(CC1CCCO1)C3=O. The number of carbonyl (C=O) groups is 2. The lowest BCUT2D eigenvalue weighted by Gasteiger charge is -2.40. The van der Waals surface area contributed by atoms with Crippen LogP contribution in [0, 0.1) is 17.8 Å². The summed E-state index contributed by atoms with van der Waals surface area (Å²) in [5.74, 6) is 0.907. The molecule has 0 bridgehead atoms. The Hall–Kier alpha value is -1.85. The highest BCUT2D eigenvalue weighted by molar-refractivity contribution is 6.30. The van der Waals surface area contributed by atoms with Crippen molar-refractivity contribution in [1.29, 1.82) is 0 Å². The van der Waals surface area contributed by atoms with Gasteiger partial charge in [-0.25, -0.2) is 0 Å². The van der Waals surface area contributed by atoms with Crippen LogP contribution in [0.5, 0.6) is 0 Å². The van der Waals surface area contributed by atoms with E-state index in [1.165, 1.54) is 0 Å². The van der Waals surface area contributed by atoms with Crippen molar-refractivity contribution in [1.82, 2.24) is 4.90 Å². The summed E-state index contributed by atoms with van der Waals surface area (Å²) in [5, 5.41) is 0.591. The molecular weight excluding hydrogens is 402 g/mol. The first-order chi connectivity index (χ1) is 14.4. The summed E-state index contributed by atoms with van der Waals surface area (Å²) in [7, 11) is 0. The van der Waals surface area contributed by atoms with Crippen molar-refractivity contribution >= 4 is 23.3 Å². The zero-order valence-electron chi connectivity index (χ0n) is 17.5. The van der Waals surface area contributed by atoms with Crippen LogP contribution < -0.4 is 0 Å². The van der Waals surface area contributed by atoms with E-state index in [-0.39, 0.29) is 35.6 Å². The molecule has 0 aromatic heterocycles. The monoisotopic (exact) mass is 429 g/mol. The highest BCUT2D eigenvalue weighted by atomic mass is 35.5. The van der Waals surface area contributed by atoms with Crippen LogP contribution in [0.4, 0.5) is 0 Å².